The molecule has 1 unspecified atom stereocenters. The third-order valence-corrected chi connectivity index (χ3v) is 6.00. The summed E-state index contributed by atoms with van der Waals surface area (Å²) in [5.74, 6) is 0.0595. The van der Waals surface area contributed by atoms with E-state index in [1.165, 1.54) is 0 Å². The van der Waals surface area contributed by atoms with Crippen molar-refractivity contribution in [3.8, 4) is 0 Å². The molecule has 1 aliphatic heterocycles. The fourth-order valence-electron chi connectivity index (χ4n) is 3.03. The Morgan fingerprint density at radius 1 is 1.04 bits per heavy atom. The molecule has 2 aromatic rings. The van der Waals surface area contributed by atoms with Gasteiger partial charge < -0.3 is 9.47 Å². The Labute approximate surface area is 155 Å². The van der Waals surface area contributed by atoms with E-state index >= 15 is 0 Å². The zero-order valence-corrected chi connectivity index (χ0v) is 15.7. The second-order valence-electron chi connectivity index (χ2n) is 6.52. The van der Waals surface area contributed by atoms with Crippen molar-refractivity contribution < 1.29 is 17.9 Å². The average molecular weight is 375 g/mol. The summed E-state index contributed by atoms with van der Waals surface area (Å²) in [4.78, 5) is 0.289. The molecule has 1 atom stereocenters. The van der Waals surface area contributed by atoms with Crippen molar-refractivity contribution in [3.05, 3.63) is 65.7 Å². The van der Waals surface area contributed by atoms with Gasteiger partial charge in [-0.25, -0.2) is 13.1 Å². The van der Waals surface area contributed by atoms with Crippen LogP contribution in [0.15, 0.2) is 59.5 Å². The highest BCUT2D eigenvalue weighted by molar-refractivity contribution is 7.89. The van der Waals surface area contributed by atoms with Crippen LogP contribution in [0, 0.1) is 6.92 Å². The maximum atomic E-state index is 12.6. The molecular weight excluding hydrogens is 350 g/mol. The molecular formula is C20H25NO4S. The summed E-state index contributed by atoms with van der Waals surface area (Å²) >= 11 is 0. The van der Waals surface area contributed by atoms with Crippen LogP contribution in [0.1, 0.15) is 29.9 Å². The summed E-state index contributed by atoms with van der Waals surface area (Å²) in [6.45, 7) is 3.52. The topological polar surface area (TPSA) is 64.6 Å². The van der Waals surface area contributed by atoms with Crippen LogP contribution in [-0.4, -0.2) is 34.5 Å². The smallest absolute Gasteiger partial charge is 0.240 e. The Morgan fingerprint density at radius 3 is 2.35 bits per heavy atom. The molecule has 1 heterocycles. The SMILES string of the molecule is Cc1ccc(S(=O)(=O)NCC(CCC2OCCO2)c2ccccc2)cc1. The first-order chi connectivity index (χ1) is 12.5. The lowest BCUT2D eigenvalue weighted by molar-refractivity contribution is -0.0486. The largest absolute Gasteiger partial charge is 0.350 e. The molecule has 1 saturated heterocycles. The molecule has 0 saturated carbocycles. The fraction of sp³-hybridized carbons (Fsp3) is 0.400. The molecule has 26 heavy (non-hydrogen) atoms. The van der Waals surface area contributed by atoms with Gasteiger partial charge in [-0.05, 0) is 43.4 Å². The van der Waals surface area contributed by atoms with Gasteiger partial charge in [0.05, 0.1) is 18.1 Å². The van der Waals surface area contributed by atoms with E-state index in [1.807, 2.05) is 37.3 Å². The van der Waals surface area contributed by atoms with Crippen LogP contribution in [-0.2, 0) is 19.5 Å². The number of sulfonamides is 1. The molecule has 1 N–H and O–H groups in total. The average Bonchev–Trinajstić information content (AvgIpc) is 3.16. The predicted octanol–water partition coefficient (Wildman–Crippen LogP) is 3.21. The van der Waals surface area contributed by atoms with E-state index in [0.29, 0.717) is 19.8 Å². The monoisotopic (exact) mass is 375 g/mol. The summed E-state index contributed by atoms with van der Waals surface area (Å²) in [7, 11) is -3.53. The summed E-state index contributed by atoms with van der Waals surface area (Å²) < 4.78 is 38.9. The van der Waals surface area contributed by atoms with Gasteiger partial charge in [-0.3, -0.25) is 0 Å². The highest BCUT2D eigenvalue weighted by Crippen LogP contribution is 2.24. The number of aryl methyl sites for hydroxylation is 1. The van der Waals surface area contributed by atoms with Crippen LogP contribution in [0.5, 0.6) is 0 Å². The Kier molecular flexibility index (Phi) is 6.43. The lowest BCUT2D eigenvalue weighted by Crippen LogP contribution is -2.29. The molecule has 6 heteroatoms. The van der Waals surface area contributed by atoms with Gasteiger partial charge in [0.2, 0.25) is 10.0 Å². The minimum Gasteiger partial charge on any atom is -0.350 e. The van der Waals surface area contributed by atoms with Crippen molar-refractivity contribution in [3.63, 3.8) is 0 Å². The summed E-state index contributed by atoms with van der Waals surface area (Å²) in [5, 5.41) is 0. The summed E-state index contributed by atoms with van der Waals surface area (Å²) in [6, 6.07) is 16.8. The predicted molar refractivity (Wildman–Crippen MR) is 100 cm³/mol. The van der Waals surface area contributed by atoms with Crippen LogP contribution in [0.25, 0.3) is 0 Å². The Balaban J connectivity index is 1.67. The molecule has 0 bridgehead atoms. The Bertz CT molecular complexity index is 784. The molecule has 1 aliphatic rings. The molecule has 0 radical (unpaired) electrons. The van der Waals surface area contributed by atoms with Gasteiger partial charge in [-0.15, -0.1) is 0 Å². The second kappa shape index (κ2) is 8.77. The minimum atomic E-state index is -3.53. The number of hydrogen-bond donors (Lipinski definition) is 1. The fourth-order valence-corrected chi connectivity index (χ4v) is 4.12. The zero-order valence-electron chi connectivity index (χ0n) is 14.9. The number of hydrogen-bond acceptors (Lipinski definition) is 4. The number of benzene rings is 2. The molecule has 0 amide bonds. The van der Waals surface area contributed by atoms with Crippen LogP contribution < -0.4 is 4.72 Å². The van der Waals surface area contributed by atoms with E-state index in [2.05, 4.69) is 4.72 Å². The van der Waals surface area contributed by atoms with Crippen LogP contribution in [0.2, 0.25) is 0 Å². The Morgan fingerprint density at radius 2 is 1.69 bits per heavy atom. The van der Waals surface area contributed by atoms with E-state index in [4.69, 9.17) is 9.47 Å². The standard InChI is InChI=1S/C20H25NO4S/c1-16-7-10-19(11-8-16)26(22,23)21-15-18(17-5-3-2-4-6-17)9-12-20-24-13-14-25-20/h2-8,10-11,18,20-21H,9,12-15H2,1H3. The van der Waals surface area contributed by atoms with Crippen LogP contribution >= 0.6 is 0 Å². The zero-order chi connectivity index (χ0) is 18.4. The number of ether oxygens (including phenoxy) is 2. The normalized spacial score (nSPS) is 16.7. The van der Waals surface area contributed by atoms with Crippen molar-refractivity contribution in [1.29, 1.82) is 0 Å². The molecule has 3 rings (SSSR count). The first-order valence-electron chi connectivity index (χ1n) is 8.89. The lowest BCUT2D eigenvalue weighted by Gasteiger charge is -2.20. The molecule has 0 aliphatic carbocycles. The third-order valence-electron chi connectivity index (χ3n) is 4.56. The first-order valence-corrected chi connectivity index (χ1v) is 10.4. The quantitative estimate of drug-likeness (QED) is 0.769. The highest BCUT2D eigenvalue weighted by atomic mass is 32.2. The van der Waals surface area contributed by atoms with Crippen molar-refractivity contribution in [2.24, 2.45) is 0 Å². The second-order valence-corrected chi connectivity index (χ2v) is 8.29. The molecule has 2 aromatic carbocycles. The molecule has 140 valence electrons. The summed E-state index contributed by atoms with van der Waals surface area (Å²) in [5.41, 5.74) is 2.14. The van der Waals surface area contributed by atoms with Gasteiger partial charge in [0.1, 0.15) is 0 Å². The number of rotatable bonds is 8. The van der Waals surface area contributed by atoms with E-state index in [1.54, 1.807) is 24.3 Å². The van der Waals surface area contributed by atoms with Crippen LogP contribution in [0.4, 0.5) is 0 Å². The van der Waals surface area contributed by atoms with Gasteiger partial charge in [-0.2, -0.15) is 0 Å². The van der Waals surface area contributed by atoms with Crippen molar-refractivity contribution >= 4 is 10.0 Å². The van der Waals surface area contributed by atoms with Gasteiger partial charge in [0.15, 0.2) is 6.29 Å². The highest BCUT2D eigenvalue weighted by Gasteiger charge is 2.21. The number of nitrogens with one attached hydrogen (secondary N) is 1. The summed E-state index contributed by atoms with van der Waals surface area (Å²) in [6.07, 6.45) is 1.34. The van der Waals surface area contributed by atoms with Crippen molar-refractivity contribution in [1.82, 2.24) is 4.72 Å². The van der Waals surface area contributed by atoms with E-state index in [9.17, 15) is 8.42 Å². The van der Waals surface area contributed by atoms with Gasteiger partial charge in [0, 0.05) is 6.54 Å². The Hall–Kier alpha value is -1.73. The molecule has 0 aromatic heterocycles. The van der Waals surface area contributed by atoms with E-state index < -0.39 is 10.0 Å². The maximum absolute atomic E-state index is 12.6. The maximum Gasteiger partial charge on any atom is 0.240 e. The van der Waals surface area contributed by atoms with E-state index in [0.717, 1.165) is 24.0 Å². The molecule has 5 nitrogen and oxygen atoms in total. The molecule has 1 fully saturated rings. The third kappa shape index (κ3) is 5.14. The van der Waals surface area contributed by atoms with E-state index in [-0.39, 0.29) is 17.1 Å². The minimum absolute atomic E-state index is 0.0595. The lowest BCUT2D eigenvalue weighted by atomic mass is 9.94. The van der Waals surface area contributed by atoms with Gasteiger partial charge in [0.25, 0.3) is 0 Å². The van der Waals surface area contributed by atoms with Gasteiger partial charge >= 0.3 is 0 Å². The van der Waals surface area contributed by atoms with Crippen molar-refractivity contribution in [2.45, 2.75) is 36.9 Å². The van der Waals surface area contributed by atoms with Crippen molar-refractivity contribution in [2.75, 3.05) is 19.8 Å². The first kappa shape index (κ1) is 19.0. The molecule has 0 spiro atoms. The van der Waals surface area contributed by atoms with Gasteiger partial charge in [-0.1, -0.05) is 48.0 Å². The van der Waals surface area contributed by atoms with Crippen LogP contribution in [0.3, 0.4) is 0 Å².